The maximum atomic E-state index is 5.40. The number of hydrogen-bond acceptors (Lipinski definition) is 2. The molecule has 4 heteroatoms. The Bertz CT molecular complexity index is 509. The molecule has 0 radical (unpaired) electrons. The maximum absolute atomic E-state index is 5.40. The lowest BCUT2D eigenvalue weighted by atomic mass is 10.1. The van der Waals surface area contributed by atoms with E-state index in [0.717, 1.165) is 18.1 Å². The lowest BCUT2D eigenvalue weighted by Gasteiger charge is -2.20. The Morgan fingerprint density at radius 1 is 1.20 bits per heavy atom. The zero-order valence-electron chi connectivity index (χ0n) is 11.6. The smallest absolute Gasteiger partial charge is 0.167 e. The van der Waals surface area contributed by atoms with E-state index in [2.05, 4.69) is 59.3 Å². The highest BCUT2D eigenvalue weighted by atomic mass is 32.1. The zero-order chi connectivity index (χ0) is 14.2. The van der Waals surface area contributed by atoms with Gasteiger partial charge in [0.05, 0.1) is 6.04 Å². The van der Waals surface area contributed by atoms with Gasteiger partial charge in [0, 0.05) is 11.4 Å². The predicted octanol–water partition coefficient (Wildman–Crippen LogP) is 4.10. The van der Waals surface area contributed by atoms with Crippen molar-refractivity contribution in [3.8, 4) is 0 Å². The second kappa shape index (κ2) is 8.02. The van der Waals surface area contributed by atoms with Gasteiger partial charge < -0.3 is 10.6 Å². The van der Waals surface area contributed by atoms with E-state index in [9.17, 15) is 0 Å². The molecule has 2 aromatic rings. The standard InChI is InChI=1S/C16H20N2S2/c1-2-3-11-17-16(19)18-15(14-10-7-12-20-14)13-8-5-4-6-9-13/h4-10,12,15H,2-3,11H2,1H3,(H2,17,18,19)/t15-/m1/s1. The van der Waals surface area contributed by atoms with Crippen molar-refractivity contribution in [1.29, 1.82) is 0 Å². The molecule has 2 rings (SSSR count). The van der Waals surface area contributed by atoms with Crippen LogP contribution in [-0.4, -0.2) is 11.7 Å². The van der Waals surface area contributed by atoms with E-state index >= 15 is 0 Å². The summed E-state index contributed by atoms with van der Waals surface area (Å²) in [7, 11) is 0. The largest absolute Gasteiger partial charge is 0.363 e. The molecule has 1 aromatic carbocycles. The molecule has 2 N–H and O–H groups in total. The normalized spacial score (nSPS) is 11.8. The van der Waals surface area contributed by atoms with Crippen molar-refractivity contribution in [3.05, 3.63) is 58.3 Å². The van der Waals surface area contributed by atoms with Gasteiger partial charge in [0.15, 0.2) is 5.11 Å². The molecule has 0 fully saturated rings. The lowest BCUT2D eigenvalue weighted by molar-refractivity contribution is 0.713. The fourth-order valence-electron chi connectivity index (χ4n) is 1.98. The van der Waals surface area contributed by atoms with Crippen LogP contribution < -0.4 is 10.6 Å². The van der Waals surface area contributed by atoms with Crippen molar-refractivity contribution >= 4 is 28.7 Å². The summed E-state index contributed by atoms with van der Waals surface area (Å²) >= 11 is 7.15. The van der Waals surface area contributed by atoms with E-state index in [0.29, 0.717) is 0 Å². The minimum absolute atomic E-state index is 0.123. The first-order chi connectivity index (χ1) is 9.81. The average Bonchev–Trinajstić information content (AvgIpc) is 3.00. The highest BCUT2D eigenvalue weighted by molar-refractivity contribution is 7.80. The van der Waals surface area contributed by atoms with E-state index in [1.165, 1.54) is 16.9 Å². The summed E-state index contributed by atoms with van der Waals surface area (Å²) in [5.74, 6) is 0. The summed E-state index contributed by atoms with van der Waals surface area (Å²) in [6.45, 7) is 3.10. The number of benzene rings is 1. The monoisotopic (exact) mass is 304 g/mol. The van der Waals surface area contributed by atoms with E-state index in [1.54, 1.807) is 11.3 Å². The average molecular weight is 304 g/mol. The van der Waals surface area contributed by atoms with Crippen molar-refractivity contribution in [2.75, 3.05) is 6.54 Å². The van der Waals surface area contributed by atoms with Crippen LogP contribution in [0.25, 0.3) is 0 Å². The molecule has 0 aliphatic rings. The van der Waals surface area contributed by atoms with Crippen molar-refractivity contribution in [3.63, 3.8) is 0 Å². The van der Waals surface area contributed by atoms with Crippen LogP contribution in [0, 0.1) is 0 Å². The second-order valence-electron chi connectivity index (χ2n) is 4.61. The Labute approximate surface area is 130 Å². The van der Waals surface area contributed by atoms with E-state index < -0.39 is 0 Å². The Balaban J connectivity index is 2.06. The highest BCUT2D eigenvalue weighted by Gasteiger charge is 2.15. The fourth-order valence-corrected chi connectivity index (χ4v) is 3.00. The minimum Gasteiger partial charge on any atom is -0.363 e. The number of rotatable bonds is 6. The summed E-state index contributed by atoms with van der Waals surface area (Å²) in [6.07, 6.45) is 2.31. The lowest BCUT2D eigenvalue weighted by Crippen LogP contribution is -2.38. The summed E-state index contributed by atoms with van der Waals surface area (Å²) in [5, 5.41) is 9.52. The quantitative estimate of drug-likeness (QED) is 0.620. The van der Waals surface area contributed by atoms with Gasteiger partial charge in [0.1, 0.15) is 0 Å². The van der Waals surface area contributed by atoms with Crippen LogP contribution in [0.5, 0.6) is 0 Å². The predicted molar refractivity (Wildman–Crippen MR) is 91.2 cm³/mol. The SMILES string of the molecule is CCCCNC(=S)N[C@H](c1ccccc1)c1cccs1. The zero-order valence-corrected chi connectivity index (χ0v) is 13.3. The summed E-state index contributed by atoms with van der Waals surface area (Å²) in [6, 6.07) is 14.8. The molecule has 1 aromatic heterocycles. The van der Waals surface area contributed by atoms with Gasteiger partial charge in [0.25, 0.3) is 0 Å². The van der Waals surface area contributed by atoms with Crippen molar-refractivity contribution in [1.82, 2.24) is 10.6 Å². The number of hydrogen-bond donors (Lipinski definition) is 2. The molecule has 20 heavy (non-hydrogen) atoms. The number of unbranched alkanes of at least 4 members (excludes halogenated alkanes) is 1. The maximum Gasteiger partial charge on any atom is 0.167 e. The molecular formula is C16H20N2S2. The Morgan fingerprint density at radius 2 is 2.00 bits per heavy atom. The van der Waals surface area contributed by atoms with Crippen LogP contribution in [0.2, 0.25) is 0 Å². The van der Waals surface area contributed by atoms with Crippen molar-refractivity contribution in [2.45, 2.75) is 25.8 Å². The van der Waals surface area contributed by atoms with Crippen LogP contribution in [0.1, 0.15) is 36.2 Å². The van der Waals surface area contributed by atoms with Gasteiger partial charge in [-0.15, -0.1) is 11.3 Å². The Kier molecular flexibility index (Phi) is 6.02. The Hall–Kier alpha value is -1.39. The molecule has 106 valence electrons. The van der Waals surface area contributed by atoms with Crippen LogP contribution in [0.4, 0.5) is 0 Å². The van der Waals surface area contributed by atoms with Crippen molar-refractivity contribution < 1.29 is 0 Å². The van der Waals surface area contributed by atoms with Gasteiger partial charge in [-0.05, 0) is 35.6 Å². The van der Waals surface area contributed by atoms with Crippen LogP contribution in [0.15, 0.2) is 47.8 Å². The van der Waals surface area contributed by atoms with Gasteiger partial charge in [0.2, 0.25) is 0 Å². The molecule has 1 atom stereocenters. The van der Waals surface area contributed by atoms with Crippen LogP contribution >= 0.6 is 23.6 Å². The van der Waals surface area contributed by atoms with Gasteiger partial charge in [-0.25, -0.2) is 0 Å². The molecule has 0 spiro atoms. The molecule has 2 nitrogen and oxygen atoms in total. The molecule has 0 saturated carbocycles. The molecule has 0 unspecified atom stereocenters. The second-order valence-corrected chi connectivity index (χ2v) is 6.00. The molecule has 0 amide bonds. The minimum atomic E-state index is 0.123. The van der Waals surface area contributed by atoms with Crippen LogP contribution in [-0.2, 0) is 0 Å². The first kappa shape index (κ1) is 15.0. The highest BCUT2D eigenvalue weighted by Crippen LogP contribution is 2.25. The van der Waals surface area contributed by atoms with E-state index in [1.807, 2.05) is 6.07 Å². The third kappa shape index (κ3) is 4.32. The van der Waals surface area contributed by atoms with E-state index in [4.69, 9.17) is 12.2 Å². The van der Waals surface area contributed by atoms with Gasteiger partial charge in [-0.1, -0.05) is 49.7 Å². The van der Waals surface area contributed by atoms with Gasteiger partial charge in [-0.2, -0.15) is 0 Å². The molecule has 0 bridgehead atoms. The van der Waals surface area contributed by atoms with Gasteiger partial charge >= 0.3 is 0 Å². The topological polar surface area (TPSA) is 24.1 Å². The number of thiophene rings is 1. The summed E-state index contributed by atoms with van der Waals surface area (Å²) in [5.41, 5.74) is 1.23. The third-order valence-electron chi connectivity index (χ3n) is 3.05. The summed E-state index contributed by atoms with van der Waals surface area (Å²) in [4.78, 5) is 1.27. The molecule has 0 aliphatic carbocycles. The molecule has 0 aliphatic heterocycles. The van der Waals surface area contributed by atoms with Crippen molar-refractivity contribution in [2.24, 2.45) is 0 Å². The Morgan fingerprint density at radius 3 is 2.65 bits per heavy atom. The third-order valence-corrected chi connectivity index (χ3v) is 4.25. The number of nitrogens with one attached hydrogen (secondary N) is 2. The first-order valence-electron chi connectivity index (χ1n) is 6.94. The summed E-state index contributed by atoms with van der Waals surface area (Å²) < 4.78 is 0. The fraction of sp³-hybridized carbons (Fsp3) is 0.312. The molecule has 1 heterocycles. The van der Waals surface area contributed by atoms with Crippen LogP contribution in [0.3, 0.4) is 0 Å². The molecule has 0 saturated heterocycles. The van der Waals surface area contributed by atoms with E-state index in [-0.39, 0.29) is 6.04 Å². The number of thiocarbonyl (C=S) groups is 1. The van der Waals surface area contributed by atoms with Gasteiger partial charge in [-0.3, -0.25) is 0 Å². The first-order valence-corrected chi connectivity index (χ1v) is 8.22. The molecular weight excluding hydrogens is 284 g/mol.